The molecule has 0 saturated heterocycles. The van der Waals surface area contributed by atoms with Crippen LogP contribution in [0.3, 0.4) is 0 Å². The van der Waals surface area contributed by atoms with Gasteiger partial charge in [-0.05, 0) is 0 Å². The summed E-state index contributed by atoms with van der Waals surface area (Å²) in [4.78, 5) is 0. The molecule has 0 radical (unpaired) electrons. The Bertz CT molecular complexity index is 61.5. The third-order valence-corrected chi connectivity index (χ3v) is 13.4. The first-order valence-electron chi connectivity index (χ1n) is 4.06. The van der Waals surface area contributed by atoms with E-state index in [-0.39, 0.29) is 24.6 Å². The van der Waals surface area contributed by atoms with Gasteiger partial charge in [-0.3, -0.25) is 0 Å². The van der Waals surface area contributed by atoms with E-state index < -0.39 is 0 Å². The Labute approximate surface area is 71.8 Å². The van der Waals surface area contributed by atoms with Gasteiger partial charge in [0.2, 0.25) is 0 Å². The molecular weight excluding hydrogens is 297 g/mol. The Kier molecular flexibility index (Phi) is 5.19. The van der Waals surface area contributed by atoms with Crippen molar-refractivity contribution >= 4 is 0 Å². The maximum absolute atomic E-state index is 2.36. The van der Waals surface area contributed by atoms with Gasteiger partial charge >= 0.3 is 72.0 Å². The van der Waals surface area contributed by atoms with E-state index >= 15 is 0 Å². The fourth-order valence-electron chi connectivity index (χ4n) is 0.905. The van der Waals surface area contributed by atoms with Gasteiger partial charge < -0.3 is 0 Å². The van der Waals surface area contributed by atoms with Crippen molar-refractivity contribution in [1.29, 1.82) is 0 Å². The molecule has 0 aliphatic carbocycles. The average molecular weight is 315 g/mol. The zero-order valence-electron chi connectivity index (χ0n) is 7.33. The Morgan fingerprint density at radius 1 is 1.22 bits per heavy atom. The van der Waals surface area contributed by atoms with Crippen molar-refractivity contribution < 1.29 is 24.6 Å². The van der Waals surface area contributed by atoms with E-state index in [1.807, 2.05) is 0 Å². The predicted molar refractivity (Wildman–Crippen MR) is 39.4 cm³/mol. The van der Waals surface area contributed by atoms with Crippen LogP contribution in [-0.4, -0.2) is 0 Å². The summed E-state index contributed by atoms with van der Waals surface area (Å²) in [5.74, 6) is 0. The molecule has 0 saturated carbocycles. The monoisotopic (exact) mass is 316 g/mol. The Hall–Kier alpha value is 0.935. The van der Waals surface area contributed by atoms with Gasteiger partial charge in [-0.15, -0.1) is 0 Å². The van der Waals surface area contributed by atoms with Crippen molar-refractivity contribution in [3.8, 4) is 0 Å². The van der Waals surface area contributed by atoms with E-state index in [1.54, 1.807) is 7.86 Å². The van der Waals surface area contributed by atoms with Gasteiger partial charge in [-0.25, -0.2) is 0 Å². The number of rotatable bonds is 3. The second kappa shape index (κ2) is 4.70. The van der Waals surface area contributed by atoms with E-state index in [0.717, 1.165) is 0 Å². The Morgan fingerprint density at radius 2 is 1.78 bits per heavy atom. The van der Waals surface area contributed by atoms with Crippen LogP contribution in [0.2, 0.25) is 7.86 Å². The molecule has 0 unspecified atom stereocenters. The fourth-order valence-corrected chi connectivity index (χ4v) is 7.94. The second-order valence-corrected chi connectivity index (χ2v) is 11.5. The first kappa shape index (κ1) is 9.94. The summed E-state index contributed by atoms with van der Waals surface area (Å²) in [6.45, 7) is 9.40. The predicted octanol–water partition coefficient (Wildman–Crippen LogP) is 3.36. The molecule has 0 heterocycles. The molecule has 0 aromatic heterocycles. The number of hydrogen-bond acceptors (Lipinski definition) is 0. The molecule has 0 spiro atoms. The summed E-state index contributed by atoms with van der Waals surface area (Å²) < 4.78 is 3.22. The molecule has 0 aromatic carbocycles. The first-order valence-corrected chi connectivity index (χ1v) is 11.8. The molecule has 0 atom stereocenters. The quantitative estimate of drug-likeness (QED) is 0.553. The second-order valence-electron chi connectivity index (χ2n) is 4.02. The summed E-state index contributed by atoms with van der Waals surface area (Å²) >= 11 is -0.350. The van der Waals surface area contributed by atoms with Crippen molar-refractivity contribution in [2.75, 3.05) is 0 Å². The van der Waals surface area contributed by atoms with Crippen molar-refractivity contribution in [2.45, 2.75) is 42.0 Å². The standard InChI is InChI=1S/C5H11.C3H7.Hg/c1-5(2,3)4;1-3-2;/h1H2,2-4H3;1,3H2,2H3;. The van der Waals surface area contributed by atoms with Crippen LogP contribution in [0.4, 0.5) is 0 Å². The third-order valence-electron chi connectivity index (χ3n) is 1.53. The Morgan fingerprint density at radius 3 is 2.11 bits per heavy atom. The van der Waals surface area contributed by atoms with Gasteiger partial charge in [-0.1, -0.05) is 0 Å². The molecule has 0 N–H and O–H groups in total. The van der Waals surface area contributed by atoms with Gasteiger partial charge in [0.1, 0.15) is 0 Å². The Balaban J connectivity index is 3.07. The van der Waals surface area contributed by atoms with E-state index in [4.69, 9.17) is 0 Å². The molecule has 0 nitrogen and oxygen atoms in total. The summed E-state index contributed by atoms with van der Waals surface area (Å²) in [5, 5.41) is 0. The van der Waals surface area contributed by atoms with Crippen LogP contribution in [0.15, 0.2) is 0 Å². The zero-order valence-corrected chi connectivity index (χ0v) is 12.8. The molecule has 0 aliphatic rings. The summed E-state index contributed by atoms with van der Waals surface area (Å²) in [6.07, 6.45) is 1.44. The molecule has 0 amide bonds. The van der Waals surface area contributed by atoms with Crippen LogP contribution < -0.4 is 0 Å². The topological polar surface area (TPSA) is 0 Å². The van der Waals surface area contributed by atoms with Crippen LogP contribution in [0.5, 0.6) is 0 Å². The molecule has 0 bridgehead atoms. The number of hydrogen-bond donors (Lipinski definition) is 0. The third kappa shape index (κ3) is 8.94. The molecular formula is C8H18Hg. The molecule has 1 heteroatoms. The molecule has 9 heavy (non-hydrogen) atoms. The van der Waals surface area contributed by atoms with E-state index in [0.29, 0.717) is 5.41 Å². The van der Waals surface area contributed by atoms with Crippen LogP contribution in [0.25, 0.3) is 0 Å². The first-order chi connectivity index (χ1) is 4.06. The zero-order chi connectivity index (χ0) is 7.33. The van der Waals surface area contributed by atoms with Crippen molar-refractivity contribution in [2.24, 2.45) is 5.41 Å². The van der Waals surface area contributed by atoms with E-state index in [2.05, 4.69) is 27.7 Å². The van der Waals surface area contributed by atoms with Crippen LogP contribution in [0.1, 0.15) is 34.1 Å². The van der Waals surface area contributed by atoms with E-state index in [1.165, 1.54) is 6.42 Å². The molecule has 0 aromatic rings. The minimum absolute atomic E-state index is 0.350. The van der Waals surface area contributed by atoms with Crippen LogP contribution >= 0.6 is 0 Å². The van der Waals surface area contributed by atoms with Crippen LogP contribution in [0, 0.1) is 5.41 Å². The summed E-state index contributed by atoms with van der Waals surface area (Å²) in [7, 11) is 0. The minimum atomic E-state index is -0.350. The normalized spacial score (nSPS) is 11.1. The summed E-state index contributed by atoms with van der Waals surface area (Å²) in [6, 6.07) is 0. The van der Waals surface area contributed by atoms with Crippen LogP contribution in [-0.2, 0) is 24.6 Å². The summed E-state index contributed by atoms with van der Waals surface area (Å²) in [5.41, 5.74) is 0.650. The van der Waals surface area contributed by atoms with Crippen molar-refractivity contribution in [1.82, 2.24) is 0 Å². The van der Waals surface area contributed by atoms with Crippen molar-refractivity contribution in [3.05, 3.63) is 0 Å². The van der Waals surface area contributed by atoms with Gasteiger partial charge in [0.25, 0.3) is 0 Å². The van der Waals surface area contributed by atoms with Crippen molar-refractivity contribution in [3.63, 3.8) is 0 Å². The molecule has 52 valence electrons. The molecule has 0 aliphatic heterocycles. The van der Waals surface area contributed by atoms with Gasteiger partial charge in [0.05, 0.1) is 0 Å². The maximum atomic E-state index is 2.36. The fraction of sp³-hybridized carbons (Fsp3) is 1.00. The van der Waals surface area contributed by atoms with Gasteiger partial charge in [0.15, 0.2) is 0 Å². The molecule has 0 fully saturated rings. The van der Waals surface area contributed by atoms with Gasteiger partial charge in [-0.2, -0.15) is 0 Å². The van der Waals surface area contributed by atoms with Gasteiger partial charge in [0, 0.05) is 0 Å². The van der Waals surface area contributed by atoms with E-state index in [9.17, 15) is 0 Å². The SMILES string of the molecule is CC[CH2][Hg][CH2]C(C)(C)C. The average Bonchev–Trinajstić information content (AvgIpc) is 1.63. The molecule has 0 rings (SSSR count).